The first-order chi connectivity index (χ1) is 39.1. The molecule has 3 fully saturated rings. The van der Waals surface area contributed by atoms with E-state index < -0.39 is 17.9 Å². The molecule has 3 aromatic rings. The first-order valence-electron chi connectivity index (χ1n) is 29.2. The zero-order valence-corrected chi connectivity index (χ0v) is 48.6. The zero-order valence-electron chi connectivity index (χ0n) is 47.9. The van der Waals surface area contributed by atoms with Crippen molar-refractivity contribution >= 4 is 63.6 Å². The topological polar surface area (TPSA) is 243 Å². The van der Waals surface area contributed by atoms with Crippen molar-refractivity contribution in [3.05, 3.63) is 65.3 Å². The maximum atomic E-state index is 14.0. The summed E-state index contributed by atoms with van der Waals surface area (Å²) in [7, 11) is 0. The molecule has 1 aromatic heterocycles. The maximum absolute atomic E-state index is 14.0. The summed E-state index contributed by atoms with van der Waals surface area (Å²) in [6.07, 6.45) is 8.00. The summed E-state index contributed by atoms with van der Waals surface area (Å²) in [5.41, 5.74) is 2.91. The molecule has 442 valence electrons. The van der Waals surface area contributed by atoms with Gasteiger partial charge in [0.05, 0.1) is 62.0 Å². The second-order valence-electron chi connectivity index (χ2n) is 22.1. The number of likely N-dealkylation sites (tertiary alicyclic amines) is 1. The van der Waals surface area contributed by atoms with Crippen LogP contribution in [-0.2, 0) is 36.9 Å². The van der Waals surface area contributed by atoms with Crippen LogP contribution in [-0.4, -0.2) is 225 Å². The lowest BCUT2D eigenvalue weighted by Crippen LogP contribution is -2.60. The van der Waals surface area contributed by atoms with E-state index in [1.54, 1.807) is 4.90 Å². The minimum absolute atomic E-state index is 0.0508. The first-order valence-corrected chi connectivity index (χ1v) is 29.6. The highest BCUT2D eigenvalue weighted by molar-refractivity contribution is 6.36. The molecule has 4 aliphatic rings. The fraction of sp³-hybridized carbons (Fsp3) is 0.627. The van der Waals surface area contributed by atoms with Crippen LogP contribution < -0.4 is 19.9 Å². The molecule has 0 radical (unpaired) electrons. The summed E-state index contributed by atoms with van der Waals surface area (Å²) >= 11 is 6.82. The Kier molecular flexibility index (Phi) is 23.3. The van der Waals surface area contributed by atoms with Crippen molar-refractivity contribution in [3.8, 4) is 12.1 Å². The minimum atomic E-state index is -1.00. The van der Waals surface area contributed by atoms with Crippen LogP contribution in [0.2, 0.25) is 5.02 Å². The Bertz CT molecular complexity index is 2680. The number of amides is 2. The molecule has 5 heterocycles. The molecule has 0 bridgehead atoms. The Morgan fingerprint density at radius 2 is 1.32 bits per heavy atom. The number of piperazine rings is 1. The van der Waals surface area contributed by atoms with E-state index in [0.717, 1.165) is 72.3 Å². The summed E-state index contributed by atoms with van der Waals surface area (Å²) in [6, 6.07) is 13.4. The summed E-state index contributed by atoms with van der Waals surface area (Å²) in [6.45, 7) is 17.4. The number of ether oxygens (including phenoxy) is 1. The van der Waals surface area contributed by atoms with Gasteiger partial charge in [0.25, 0.3) is 0 Å². The van der Waals surface area contributed by atoms with Gasteiger partial charge in [-0.05, 0) is 94.5 Å². The van der Waals surface area contributed by atoms with Crippen molar-refractivity contribution in [1.82, 2.24) is 44.7 Å². The molecule has 0 unspecified atom stereocenters. The van der Waals surface area contributed by atoms with E-state index in [1.807, 2.05) is 60.6 Å². The number of aromatic nitrogens is 2. The molecular formula is C59H85ClN12O9. The summed E-state index contributed by atoms with van der Waals surface area (Å²) in [5, 5.41) is 45.9. The third kappa shape index (κ3) is 16.5. The standard InChI is InChI=1S/C59H85ClN12O9/c1-6-42-31-69(37-54(75)76)44(8-3)33-71(39-56(79)80)45(9-4)32-70(38-55(77)78)43(7-2)30-68(42)36-52(73)62-24-11-12-25-65-26-15-18-47(65)40-81-59-63-50-35-66(51-20-14-17-41-16-13-19-49(60)57(41)51)27-22-48(50)58(64-59)67-28-29-72(53(74)10-5)46(34-67)21-23-61/h10,13-14,16-17,19-20,42-47H,5-9,11-12,15,18,21-22,24-40H2,1-4H3,(H,62,73)(H,75,76)(H,77,78)(H,79,80)/t42-,43-,44-,45-,46-,47-/m0/s1. The van der Waals surface area contributed by atoms with Gasteiger partial charge in [0, 0.05) is 106 Å². The number of nitrogens with zero attached hydrogens (tertiary/aromatic N) is 11. The van der Waals surface area contributed by atoms with Gasteiger partial charge in [0.15, 0.2) is 0 Å². The number of rotatable bonds is 24. The van der Waals surface area contributed by atoms with Crippen LogP contribution in [0.25, 0.3) is 10.8 Å². The van der Waals surface area contributed by atoms with Crippen LogP contribution in [0.5, 0.6) is 6.01 Å². The highest BCUT2D eigenvalue weighted by Crippen LogP contribution is 2.38. The largest absolute Gasteiger partial charge is 0.480 e. The number of aliphatic carboxylic acids is 3. The lowest BCUT2D eigenvalue weighted by molar-refractivity contribution is -0.143. The number of nitriles is 1. The van der Waals surface area contributed by atoms with Gasteiger partial charge < -0.3 is 40.1 Å². The van der Waals surface area contributed by atoms with Crippen molar-refractivity contribution < 1.29 is 44.0 Å². The number of halogens is 1. The Morgan fingerprint density at radius 3 is 1.89 bits per heavy atom. The predicted octanol–water partition coefficient (Wildman–Crippen LogP) is 5.29. The number of hydrogen-bond acceptors (Lipinski definition) is 16. The molecular weight excluding hydrogens is 1060 g/mol. The predicted molar refractivity (Wildman–Crippen MR) is 312 cm³/mol. The lowest BCUT2D eigenvalue weighted by atomic mass is 10.0. The van der Waals surface area contributed by atoms with Gasteiger partial charge in [-0.1, -0.05) is 70.1 Å². The second kappa shape index (κ2) is 30.2. The highest BCUT2D eigenvalue weighted by atomic mass is 35.5. The minimum Gasteiger partial charge on any atom is -0.480 e. The number of carbonyl (C=O) groups is 5. The van der Waals surface area contributed by atoms with Gasteiger partial charge in [0.2, 0.25) is 11.8 Å². The Morgan fingerprint density at radius 1 is 0.728 bits per heavy atom. The second-order valence-corrected chi connectivity index (χ2v) is 22.5. The summed E-state index contributed by atoms with van der Waals surface area (Å²) < 4.78 is 6.59. The van der Waals surface area contributed by atoms with Gasteiger partial charge >= 0.3 is 23.9 Å². The van der Waals surface area contributed by atoms with Crippen LogP contribution in [0, 0.1) is 11.3 Å². The van der Waals surface area contributed by atoms with Gasteiger partial charge in [-0.3, -0.25) is 48.5 Å². The number of carboxylic acid groups (broad SMARTS) is 3. The van der Waals surface area contributed by atoms with Gasteiger partial charge in [0.1, 0.15) is 12.4 Å². The maximum Gasteiger partial charge on any atom is 0.318 e. The normalized spacial score (nSPS) is 23.0. The molecule has 0 saturated carbocycles. The van der Waals surface area contributed by atoms with Crippen molar-refractivity contribution in [2.24, 2.45) is 0 Å². The van der Waals surface area contributed by atoms with Crippen molar-refractivity contribution in [3.63, 3.8) is 0 Å². The quantitative estimate of drug-likeness (QED) is 0.0658. The van der Waals surface area contributed by atoms with Crippen LogP contribution in [0.15, 0.2) is 49.1 Å². The van der Waals surface area contributed by atoms with Crippen molar-refractivity contribution in [1.29, 1.82) is 5.26 Å². The molecule has 2 amide bonds. The monoisotopic (exact) mass is 1140 g/mol. The number of hydrogen-bond donors (Lipinski definition) is 4. The Labute approximate surface area is 482 Å². The number of nitrogens with one attached hydrogen (secondary N) is 1. The molecule has 81 heavy (non-hydrogen) atoms. The van der Waals surface area contributed by atoms with E-state index >= 15 is 0 Å². The number of unbranched alkanes of at least 4 members (excludes halogenated alkanes) is 1. The van der Waals surface area contributed by atoms with Gasteiger partial charge in [-0.25, -0.2) is 0 Å². The number of benzene rings is 2. The average Bonchev–Trinajstić information content (AvgIpc) is 3.93. The number of anilines is 2. The van der Waals surface area contributed by atoms with Crippen molar-refractivity contribution in [2.45, 2.75) is 135 Å². The number of carboxylic acids is 3. The molecule has 3 saturated heterocycles. The van der Waals surface area contributed by atoms with E-state index in [1.165, 1.54) is 6.08 Å². The fourth-order valence-corrected chi connectivity index (χ4v) is 12.9. The number of carbonyl (C=O) groups excluding carboxylic acids is 2. The molecule has 21 nitrogen and oxygen atoms in total. The SMILES string of the molecule is C=CC(=O)N1CCN(c2nc(OC[C@@H]3CCCN3CCCCNC(=O)CN3C[C@H](CC)N(CC(=O)O)C[C@H](CC)N(CC(=O)O)C[C@H](CC)N(CC(=O)O)C[C@@H]3CC)nc3c2CCN(c2cccc4cccc(Cl)c24)C3)C[C@@H]1CC#N. The summed E-state index contributed by atoms with van der Waals surface area (Å²) in [4.78, 5) is 90.4. The Hall–Kier alpha value is -6.15. The van der Waals surface area contributed by atoms with Crippen molar-refractivity contribution in [2.75, 3.05) is 115 Å². The first kappa shape index (κ1) is 62.5. The molecule has 0 aliphatic carbocycles. The van der Waals surface area contributed by atoms with Crippen LogP contribution in [0.1, 0.15) is 96.7 Å². The average molecular weight is 1140 g/mol. The molecule has 0 spiro atoms. The zero-order chi connectivity index (χ0) is 58.2. The van der Waals surface area contributed by atoms with Crippen LogP contribution in [0.4, 0.5) is 11.5 Å². The molecule has 4 aliphatic heterocycles. The van der Waals surface area contributed by atoms with Gasteiger partial charge in [-0.2, -0.15) is 15.2 Å². The van der Waals surface area contributed by atoms with E-state index in [2.05, 4.69) is 55.8 Å². The third-order valence-electron chi connectivity index (χ3n) is 17.0. The Balaban J connectivity index is 1.01. The summed E-state index contributed by atoms with van der Waals surface area (Å²) in [5.74, 6) is -2.57. The lowest BCUT2D eigenvalue weighted by Gasteiger charge is -2.45. The smallest absolute Gasteiger partial charge is 0.318 e. The number of fused-ring (bicyclic) bond motifs is 2. The van der Waals surface area contributed by atoms with E-state index in [4.69, 9.17) is 26.3 Å². The van der Waals surface area contributed by atoms with Crippen LogP contribution in [0.3, 0.4) is 0 Å². The van der Waals surface area contributed by atoms with E-state index in [0.29, 0.717) is 109 Å². The van der Waals surface area contributed by atoms with E-state index in [9.17, 15) is 44.6 Å². The van der Waals surface area contributed by atoms with E-state index in [-0.39, 0.29) is 86.7 Å². The molecule has 4 N–H and O–H groups in total. The fourth-order valence-electron chi connectivity index (χ4n) is 12.6. The third-order valence-corrected chi connectivity index (χ3v) is 17.3. The highest BCUT2D eigenvalue weighted by Gasteiger charge is 2.37. The van der Waals surface area contributed by atoms with Gasteiger partial charge in [-0.15, -0.1) is 0 Å². The molecule has 22 heteroatoms. The molecule has 6 atom stereocenters. The van der Waals surface area contributed by atoms with Crippen LogP contribution >= 0.6 is 11.6 Å². The molecule has 7 rings (SSSR count). The molecule has 2 aromatic carbocycles.